The first-order valence-corrected chi connectivity index (χ1v) is 10.1. The van der Waals surface area contributed by atoms with Crippen LogP contribution in [0.4, 0.5) is 0 Å². The summed E-state index contributed by atoms with van der Waals surface area (Å²) in [6.07, 6.45) is 4.86. The van der Waals surface area contributed by atoms with E-state index in [0.29, 0.717) is 16.6 Å². The van der Waals surface area contributed by atoms with Crippen molar-refractivity contribution in [2.75, 3.05) is 33.2 Å². The minimum absolute atomic E-state index is 0.00414. The van der Waals surface area contributed by atoms with E-state index in [4.69, 9.17) is 23.2 Å². The van der Waals surface area contributed by atoms with Crippen LogP contribution < -0.4 is 0 Å². The highest BCUT2D eigenvalue weighted by Crippen LogP contribution is 2.20. The van der Waals surface area contributed by atoms with Crippen molar-refractivity contribution in [3.8, 4) is 0 Å². The second kappa shape index (κ2) is 9.54. The maximum absolute atomic E-state index is 12.5. The van der Waals surface area contributed by atoms with Gasteiger partial charge in [0.05, 0.1) is 0 Å². The zero-order valence-corrected chi connectivity index (χ0v) is 17.1. The van der Waals surface area contributed by atoms with Crippen molar-refractivity contribution in [3.63, 3.8) is 0 Å². The van der Waals surface area contributed by atoms with E-state index in [-0.39, 0.29) is 5.91 Å². The van der Waals surface area contributed by atoms with Crippen LogP contribution in [-0.4, -0.2) is 53.9 Å². The first-order chi connectivity index (χ1) is 13.0. The summed E-state index contributed by atoms with van der Waals surface area (Å²) in [5.74, 6) is 0.549. The van der Waals surface area contributed by atoms with Crippen LogP contribution in [0.5, 0.6) is 0 Å². The number of nitrogens with zero attached hydrogens (tertiary/aromatic N) is 3. The molecule has 2 heterocycles. The molecular formula is C21H25Cl2N3O. The van der Waals surface area contributed by atoms with Gasteiger partial charge in [-0.15, -0.1) is 0 Å². The number of hydrogen-bond acceptors (Lipinski definition) is 3. The molecule has 0 aliphatic carbocycles. The highest BCUT2D eigenvalue weighted by atomic mass is 35.5. The lowest BCUT2D eigenvalue weighted by Gasteiger charge is -2.34. The molecule has 1 amide bonds. The molecule has 1 aliphatic rings. The molecule has 0 saturated carbocycles. The lowest BCUT2D eigenvalue weighted by molar-refractivity contribution is 0.0740. The molecule has 27 heavy (non-hydrogen) atoms. The van der Waals surface area contributed by atoms with Crippen molar-refractivity contribution in [2.45, 2.75) is 19.3 Å². The Morgan fingerprint density at radius 3 is 2.56 bits per heavy atom. The molecule has 1 aliphatic heterocycles. The van der Waals surface area contributed by atoms with Gasteiger partial charge in [-0.2, -0.15) is 0 Å². The van der Waals surface area contributed by atoms with Crippen LogP contribution >= 0.6 is 23.2 Å². The molecule has 0 bridgehead atoms. The highest BCUT2D eigenvalue weighted by molar-refractivity contribution is 6.30. The van der Waals surface area contributed by atoms with Crippen molar-refractivity contribution in [1.29, 1.82) is 0 Å². The lowest BCUT2D eigenvalue weighted by atomic mass is 9.95. The largest absolute Gasteiger partial charge is 0.341 e. The van der Waals surface area contributed by atoms with Crippen molar-refractivity contribution in [1.82, 2.24) is 14.8 Å². The molecule has 1 aromatic carbocycles. The quantitative estimate of drug-likeness (QED) is 0.667. The second-order valence-electron chi connectivity index (χ2n) is 7.21. The number of piperidine rings is 1. The van der Waals surface area contributed by atoms with Crippen LogP contribution in [-0.2, 0) is 6.42 Å². The Morgan fingerprint density at radius 1 is 1.19 bits per heavy atom. The molecule has 0 unspecified atom stereocenters. The average molecular weight is 406 g/mol. The van der Waals surface area contributed by atoms with Gasteiger partial charge in [-0.25, -0.2) is 4.98 Å². The van der Waals surface area contributed by atoms with Crippen LogP contribution in [0.25, 0.3) is 0 Å². The summed E-state index contributed by atoms with van der Waals surface area (Å²) in [5.41, 5.74) is 1.92. The van der Waals surface area contributed by atoms with E-state index in [1.54, 1.807) is 23.2 Å². The number of likely N-dealkylation sites (tertiary alicyclic amines) is 1. The van der Waals surface area contributed by atoms with Gasteiger partial charge < -0.3 is 9.80 Å². The first-order valence-electron chi connectivity index (χ1n) is 9.35. The average Bonchev–Trinajstić information content (AvgIpc) is 2.68. The maximum atomic E-state index is 12.5. The first kappa shape index (κ1) is 20.1. The Hall–Kier alpha value is -1.62. The van der Waals surface area contributed by atoms with E-state index >= 15 is 0 Å². The fraction of sp³-hybridized carbons (Fsp3) is 0.429. The van der Waals surface area contributed by atoms with Gasteiger partial charge in [0.15, 0.2) is 0 Å². The summed E-state index contributed by atoms with van der Waals surface area (Å²) in [6, 6.07) is 11.4. The van der Waals surface area contributed by atoms with Gasteiger partial charge >= 0.3 is 0 Å². The van der Waals surface area contributed by atoms with Gasteiger partial charge in [-0.05, 0) is 68.1 Å². The standard InChI is InChI=1S/C21H25Cl2N3O/c1-25(21(27)18-6-10-24-20(23)14-18)15-17-8-12-26(13-9-17)11-7-16-2-4-19(22)5-3-16/h2-6,10,14,17H,7-9,11-13,15H2,1H3. The zero-order valence-electron chi connectivity index (χ0n) is 15.6. The molecular weight excluding hydrogens is 381 g/mol. The number of hydrogen-bond donors (Lipinski definition) is 0. The third-order valence-corrected chi connectivity index (χ3v) is 5.65. The lowest BCUT2D eigenvalue weighted by Crippen LogP contribution is -2.40. The van der Waals surface area contributed by atoms with Crippen molar-refractivity contribution in [2.24, 2.45) is 5.92 Å². The zero-order chi connectivity index (χ0) is 19.2. The van der Waals surface area contributed by atoms with E-state index in [1.165, 1.54) is 5.56 Å². The number of carbonyl (C=O) groups excluding carboxylic acids is 1. The molecule has 6 heteroatoms. The second-order valence-corrected chi connectivity index (χ2v) is 8.04. The highest BCUT2D eigenvalue weighted by Gasteiger charge is 2.22. The molecule has 3 rings (SSSR count). The molecule has 144 valence electrons. The van der Waals surface area contributed by atoms with Crippen LogP contribution in [0.3, 0.4) is 0 Å². The van der Waals surface area contributed by atoms with E-state index in [2.05, 4.69) is 22.0 Å². The van der Waals surface area contributed by atoms with Gasteiger partial charge in [0.1, 0.15) is 5.15 Å². The van der Waals surface area contributed by atoms with Crippen molar-refractivity contribution < 1.29 is 4.79 Å². The summed E-state index contributed by atoms with van der Waals surface area (Å²) in [4.78, 5) is 20.8. The predicted octanol–water partition coefficient (Wildman–Crippen LogP) is 4.42. The third-order valence-electron chi connectivity index (χ3n) is 5.19. The molecule has 1 fully saturated rings. The molecule has 0 spiro atoms. The SMILES string of the molecule is CN(CC1CCN(CCc2ccc(Cl)cc2)CC1)C(=O)c1ccnc(Cl)c1. The Morgan fingerprint density at radius 2 is 1.89 bits per heavy atom. The van der Waals surface area contributed by atoms with Gasteiger partial charge in [0.25, 0.3) is 5.91 Å². The summed E-state index contributed by atoms with van der Waals surface area (Å²) >= 11 is 11.8. The van der Waals surface area contributed by atoms with Gasteiger partial charge in [-0.1, -0.05) is 35.3 Å². The topological polar surface area (TPSA) is 36.4 Å². The minimum Gasteiger partial charge on any atom is -0.341 e. The fourth-order valence-corrected chi connectivity index (χ4v) is 3.86. The number of benzene rings is 1. The number of amides is 1. The molecule has 0 atom stereocenters. The number of rotatable bonds is 6. The van der Waals surface area contributed by atoms with E-state index in [0.717, 1.165) is 50.5 Å². The monoisotopic (exact) mass is 405 g/mol. The van der Waals surface area contributed by atoms with E-state index in [9.17, 15) is 4.79 Å². The van der Waals surface area contributed by atoms with Gasteiger partial charge in [0.2, 0.25) is 0 Å². The van der Waals surface area contributed by atoms with Crippen LogP contribution in [0.1, 0.15) is 28.8 Å². The smallest absolute Gasteiger partial charge is 0.253 e. The minimum atomic E-state index is 0.00414. The summed E-state index contributed by atoms with van der Waals surface area (Å²) in [6.45, 7) is 4.02. The summed E-state index contributed by atoms with van der Waals surface area (Å²) < 4.78 is 0. The summed E-state index contributed by atoms with van der Waals surface area (Å²) in [5, 5.41) is 1.13. The third kappa shape index (κ3) is 5.93. The van der Waals surface area contributed by atoms with E-state index in [1.807, 2.05) is 19.2 Å². The molecule has 1 aromatic heterocycles. The maximum Gasteiger partial charge on any atom is 0.253 e. The fourth-order valence-electron chi connectivity index (χ4n) is 3.56. The molecule has 2 aromatic rings. The molecule has 4 nitrogen and oxygen atoms in total. The van der Waals surface area contributed by atoms with Crippen LogP contribution in [0, 0.1) is 5.92 Å². The van der Waals surface area contributed by atoms with Crippen LogP contribution in [0.15, 0.2) is 42.6 Å². The number of pyridine rings is 1. The van der Waals surface area contributed by atoms with Gasteiger partial charge in [0, 0.05) is 36.9 Å². The van der Waals surface area contributed by atoms with Gasteiger partial charge in [-0.3, -0.25) is 4.79 Å². The molecule has 0 N–H and O–H groups in total. The predicted molar refractivity (Wildman–Crippen MR) is 111 cm³/mol. The Kier molecular flexibility index (Phi) is 7.11. The molecule has 1 saturated heterocycles. The normalized spacial score (nSPS) is 15.7. The van der Waals surface area contributed by atoms with Crippen molar-refractivity contribution in [3.05, 3.63) is 63.9 Å². The number of halogens is 2. The molecule has 0 radical (unpaired) electrons. The Bertz CT molecular complexity index is 758. The number of carbonyl (C=O) groups is 1. The summed E-state index contributed by atoms with van der Waals surface area (Å²) in [7, 11) is 1.86. The van der Waals surface area contributed by atoms with E-state index < -0.39 is 0 Å². The van der Waals surface area contributed by atoms with Crippen LogP contribution in [0.2, 0.25) is 10.2 Å². The Balaban J connectivity index is 1.42. The Labute approximate surface area is 171 Å². The number of aromatic nitrogens is 1. The van der Waals surface area contributed by atoms with Crippen molar-refractivity contribution >= 4 is 29.1 Å².